The van der Waals surface area contributed by atoms with Crippen LogP contribution in [-0.2, 0) is 4.79 Å². The second-order valence-corrected chi connectivity index (χ2v) is 6.61. The first kappa shape index (κ1) is 19.5. The minimum absolute atomic E-state index is 0.0910. The third kappa shape index (κ3) is 5.62. The van der Waals surface area contributed by atoms with Crippen LogP contribution in [0.1, 0.15) is 54.1 Å². The third-order valence-electron chi connectivity index (χ3n) is 4.13. The van der Waals surface area contributed by atoms with E-state index in [4.69, 9.17) is 10.5 Å². The zero-order valence-electron chi connectivity index (χ0n) is 15.5. The molecule has 138 valence electrons. The van der Waals surface area contributed by atoms with Crippen LogP contribution in [0.4, 0.5) is 5.69 Å². The molecule has 0 radical (unpaired) electrons. The number of nitrogens with one attached hydrogen (secondary N) is 1. The molecule has 2 rings (SSSR count). The molecule has 0 aromatic heterocycles. The average Bonchev–Trinajstić information content (AvgIpc) is 2.59. The zero-order chi connectivity index (χ0) is 19.1. The van der Waals surface area contributed by atoms with Crippen LogP contribution in [0.3, 0.4) is 0 Å². The fourth-order valence-corrected chi connectivity index (χ4v) is 2.75. The molecule has 0 aliphatic carbocycles. The van der Waals surface area contributed by atoms with E-state index < -0.39 is 5.91 Å². The van der Waals surface area contributed by atoms with Gasteiger partial charge < -0.3 is 15.8 Å². The Morgan fingerprint density at radius 3 is 2.38 bits per heavy atom. The molecule has 0 fully saturated rings. The SMILES string of the molecule is Cc1cc(OCCCC(=O)Nc2ccc(C(N)=O)cc2)ccc1C(C)C. The Morgan fingerprint density at radius 2 is 1.81 bits per heavy atom. The lowest BCUT2D eigenvalue weighted by Crippen LogP contribution is -2.14. The highest BCUT2D eigenvalue weighted by Gasteiger charge is 2.06. The van der Waals surface area contributed by atoms with E-state index in [2.05, 4.69) is 32.2 Å². The largest absolute Gasteiger partial charge is 0.494 e. The first-order chi connectivity index (χ1) is 12.4. The third-order valence-corrected chi connectivity index (χ3v) is 4.13. The number of anilines is 1. The van der Waals surface area contributed by atoms with Gasteiger partial charge in [0.05, 0.1) is 6.61 Å². The lowest BCUT2D eigenvalue weighted by molar-refractivity contribution is -0.116. The van der Waals surface area contributed by atoms with Crippen LogP contribution in [0.5, 0.6) is 5.75 Å². The summed E-state index contributed by atoms with van der Waals surface area (Å²) in [4.78, 5) is 23.0. The highest BCUT2D eigenvalue weighted by Crippen LogP contribution is 2.23. The molecule has 5 heteroatoms. The van der Waals surface area contributed by atoms with Gasteiger partial charge in [0, 0.05) is 17.7 Å². The van der Waals surface area contributed by atoms with Gasteiger partial charge in [0.1, 0.15) is 5.75 Å². The normalized spacial score (nSPS) is 10.6. The maximum atomic E-state index is 12.0. The summed E-state index contributed by atoms with van der Waals surface area (Å²) in [7, 11) is 0. The van der Waals surface area contributed by atoms with Crippen molar-refractivity contribution in [3.63, 3.8) is 0 Å². The standard InChI is InChI=1S/C21H26N2O3/c1-14(2)19-11-10-18(13-15(19)3)26-12-4-5-20(24)23-17-8-6-16(7-9-17)21(22)25/h6-11,13-14H,4-5,12H2,1-3H3,(H2,22,25)(H,23,24). The fraction of sp³-hybridized carbons (Fsp3) is 0.333. The quantitative estimate of drug-likeness (QED) is 0.703. The van der Waals surface area contributed by atoms with E-state index in [1.54, 1.807) is 24.3 Å². The van der Waals surface area contributed by atoms with Crippen LogP contribution < -0.4 is 15.8 Å². The van der Waals surface area contributed by atoms with Crippen molar-refractivity contribution in [3.05, 3.63) is 59.2 Å². The van der Waals surface area contributed by atoms with Crippen molar-refractivity contribution >= 4 is 17.5 Å². The highest BCUT2D eigenvalue weighted by atomic mass is 16.5. The number of carbonyl (C=O) groups excluding carboxylic acids is 2. The van der Waals surface area contributed by atoms with Gasteiger partial charge in [0.25, 0.3) is 0 Å². The Bertz CT molecular complexity index is 767. The molecule has 3 N–H and O–H groups in total. The van der Waals surface area contributed by atoms with E-state index in [0.29, 0.717) is 36.6 Å². The number of nitrogens with two attached hydrogens (primary N) is 1. The van der Waals surface area contributed by atoms with Gasteiger partial charge >= 0.3 is 0 Å². The second-order valence-electron chi connectivity index (χ2n) is 6.61. The predicted octanol–water partition coefficient (Wildman–Crippen LogP) is 4.02. The van der Waals surface area contributed by atoms with Crippen molar-refractivity contribution < 1.29 is 14.3 Å². The first-order valence-corrected chi connectivity index (χ1v) is 8.80. The van der Waals surface area contributed by atoms with Crippen molar-refractivity contribution in [2.75, 3.05) is 11.9 Å². The summed E-state index contributed by atoms with van der Waals surface area (Å²) < 4.78 is 5.73. The van der Waals surface area contributed by atoms with E-state index >= 15 is 0 Å². The zero-order valence-corrected chi connectivity index (χ0v) is 15.5. The minimum Gasteiger partial charge on any atom is -0.494 e. The maximum Gasteiger partial charge on any atom is 0.248 e. The van der Waals surface area contributed by atoms with Gasteiger partial charge in [-0.15, -0.1) is 0 Å². The Balaban J connectivity index is 1.74. The van der Waals surface area contributed by atoms with Gasteiger partial charge in [-0.1, -0.05) is 19.9 Å². The van der Waals surface area contributed by atoms with E-state index in [0.717, 1.165) is 5.75 Å². The van der Waals surface area contributed by atoms with Crippen LogP contribution in [0.15, 0.2) is 42.5 Å². The Kier molecular flexibility index (Phi) is 6.78. The number of ether oxygens (including phenoxy) is 1. The summed E-state index contributed by atoms with van der Waals surface area (Å²) in [5.41, 5.74) is 8.77. The van der Waals surface area contributed by atoms with Gasteiger partial charge in [-0.3, -0.25) is 9.59 Å². The summed E-state index contributed by atoms with van der Waals surface area (Å²) >= 11 is 0. The number of rotatable bonds is 8. The molecule has 0 aliphatic rings. The van der Waals surface area contributed by atoms with E-state index in [1.165, 1.54) is 11.1 Å². The van der Waals surface area contributed by atoms with Gasteiger partial charge in [0.2, 0.25) is 11.8 Å². The lowest BCUT2D eigenvalue weighted by Gasteiger charge is -2.12. The van der Waals surface area contributed by atoms with Crippen molar-refractivity contribution in [2.24, 2.45) is 5.73 Å². The molecule has 0 atom stereocenters. The van der Waals surface area contributed by atoms with Gasteiger partial charge in [-0.2, -0.15) is 0 Å². The Labute approximate surface area is 154 Å². The van der Waals surface area contributed by atoms with E-state index in [-0.39, 0.29) is 5.91 Å². The summed E-state index contributed by atoms with van der Waals surface area (Å²) in [6, 6.07) is 12.6. The molecule has 0 spiro atoms. The molecule has 0 heterocycles. The fourth-order valence-electron chi connectivity index (χ4n) is 2.75. The predicted molar refractivity (Wildman–Crippen MR) is 104 cm³/mol. The molecule has 0 saturated heterocycles. The van der Waals surface area contributed by atoms with Crippen molar-refractivity contribution in [3.8, 4) is 5.75 Å². The summed E-state index contributed by atoms with van der Waals surface area (Å²) in [5, 5.41) is 2.79. The summed E-state index contributed by atoms with van der Waals surface area (Å²) in [5.74, 6) is 0.739. The van der Waals surface area contributed by atoms with Crippen LogP contribution in [-0.4, -0.2) is 18.4 Å². The van der Waals surface area contributed by atoms with Crippen molar-refractivity contribution in [1.29, 1.82) is 0 Å². The molecular formula is C21H26N2O3. The van der Waals surface area contributed by atoms with Gasteiger partial charge in [-0.05, 0) is 66.8 Å². The number of aryl methyl sites for hydroxylation is 1. The Morgan fingerprint density at radius 1 is 1.12 bits per heavy atom. The number of amides is 2. The topological polar surface area (TPSA) is 81.4 Å². The maximum absolute atomic E-state index is 12.0. The van der Waals surface area contributed by atoms with E-state index in [1.807, 2.05) is 12.1 Å². The number of benzene rings is 2. The number of carbonyl (C=O) groups is 2. The molecule has 26 heavy (non-hydrogen) atoms. The molecule has 5 nitrogen and oxygen atoms in total. The molecule has 0 unspecified atom stereocenters. The molecule has 2 aromatic carbocycles. The van der Waals surface area contributed by atoms with Crippen LogP contribution in [0.2, 0.25) is 0 Å². The molecule has 0 aliphatic heterocycles. The highest BCUT2D eigenvalue weighted by molar-refractivity contribution is 5.94. The lowest BCUT2D eigenvalue weighted by atomic mass is 9.98. The number of primary amides is 1. The van der Waals surface area contributed by atoms with Gasteiger partial charge in [-0.25, -0.2) is 0 Å². The summed E-state index contributed by atoms with van der Waals surface area (Å²) in [6.45, 7) is 6.90. The van der Waals surface area contributed by atoms with Crippen molar-refractivity contribution in [2.45, 2.75) is 39.5 Å². The molecular weight excluding hydrogens is 328 g/mol. The smallest absolute Gasteiger partial charge is 0.248 e. The molecule has 0 bridgehead atoms. The minimum atomic E-state index is -0.489. The van der Waals surface area contributed by atoms with Crippen LogP contribution >= 0.6 is 0 Å². The van der Waals surface area contributed by atoms with Crippen LogP contribution in [0.25, 0.3) is 0 Å². The molecule has 2 aromatic rings. The number of hydrogen-bond donors (Lipinski definition) is 2. The second kappa shape index (κ2) is 9.04. The summed E-state index contributed by atoms with van der Waals surface area (Å²) in [6.07, 6.45) is 0.983. The average molecular weight is 354 g/mol. The van der Waals surface area contributed by atoms with Crippen LogP contribution in [0, 0.1) is 6.92 Å². The number of hydrogen-bond acceptors (Lipinski definition) is 3. The Hall–Kier alpha value is -2.82. The van der Waals surface area contributed by atoms with Crippen molar-refractivity contribution in [1.82, 2.24) is 0 Å². The van der Waals surface area contributed by atoms with Gasteiger partial charge in [0.15, 0.2) is 0 Å². The molecule has 2 amide bonds. The monoisotopic (exact) mass is 354 g/mol. The molecule has 0 saturated carbocycles. The van der Waals surface area contributed by atoms with E-state index in [9.17, 15) is 9.59 Å². The first-order valence-electron chi connectivity index (χ1n) is 8.80.